The monoisotopic (exact) mass is 301 g/mol. The van der Waals surface area contributed by atoms with E-state index in [0.717, 1.165) is 5.56 Å². The molecule has 1 amide bonds. The van der Waals surface area contributed by atoms with Gasteiger partial charge in [-0.15, -0.1) is 0 Å². The number of amides is 1. The van der Waals surface area contributed by atoms with Crippen molar-refractivity contribution in [1.29, 1.82) is 0 Å². The smallest absolute Gasteiger partial charge is 0.328 e. The van der Waals surface area contributed by atoms with Gasteiger partial charge in [0.1, 0.15) is 0 Å². The fraction of sp³-hybridized carbons (Fsp3) is 0.273. The Morgan fingerprint density at radius 2 is 2.12 bits per heavy atom. The number of carbonyl (C=O) groups excluding carboxylic acids is 1. The second-order valence-electron chi connectivity index (χ2n) is 3.53. The summed E-state index contributed by atoms with van der Waals surface area (Å²) in [4.78, 5) is 22.4. The van der Waals surface area contributed by atoms with Crippen LogP contribution in [0.3, 0.4) is 0 Å². The number of carboxylic acid groups (broad SMARTS) is 1. The van der Waals surface area contributed by atoms with Crippen molar-refractivity contribution in [2.24, 2.45) is 0 Å². The Labute approximate surface area is 107 Å². The molecule has 0 aromatic heterocycles. The first-order valence-electron chi connectivity index (χ1n) is 4.86. The molecule has 0 bridgehead atoms. The predicted molar refractivity (Wildman–Crippen MR) is 64.9 cm³/mol. The van der Waals surface area contributed by atoms with E-state index in [9.17, 15) is 9.59 Å². The van der Waals surface area contributed by atoms with E-state index in [-0.39, 0.29) is 0 Å². The standard InChI is InChI=1S/C11H12BrNO4/c1-6-2-3-8(12)7(4-6)10(15)13-9(5-14)11(16)17/h2-4,9,14H,5H2,1H3,(H,13,15)(H,16,17)/t9-/m0/s1. The summed E-state index contributed by atoms with van der Waals surface area (Å²) in [6, 6.07) is 3.87. The molecule has 1 rings (SSSR count). The summed E-state index contributed by atoms with van der Waals surface area (Å²) in [6.45, 7) is 1.18. The van der Waals surface area contributed by atoms with Crippen LogP contribution in [0.5, 0.6) is 0 Å². The number of rotatable bonds is 4. The molecule has 92 valence electrons. The van der Waals surface area contributed by atoms with Crippen LogP contribution in [0.15, 0.2) is 22.7 Å². The molecule has 1 atom stereocenters. The van der Waals surface area contributed by atoms with Crippen molar-refractivity contribution < 1.29 is 19.8 Å². The molecule has 0 radical (unpaired) electrons. The summed E-state index contributed by atoms with van der Waals surface area (Å²) in [6.07, 6.45) is 0. The van der Waals surface area contributed by atoms with Gasteiger partial charge in [-0.3, -0.25) is 4.79 Å². The van der Waals surface area contributed by atoms with Crippen LogP contribution in [0, 0.1) is 6.92 Å². The summed E-state index contributed by atoms with van der Waals surface area (Å²) in [5.41, 5.74) is 1.22. The first-order valence-corrected chi connectivity index (χ1v) is 5.65. The minimum Gasteiger partial charge on any atom is -0.480 e. The van der Waals surface area contributed by atoms with E-state index in [1.165, 1.54) is 0 Å². The van der Waals surface area contributed by atoms with Gasteiger partial charge in [0, 0.05) is 4.47 Å². The van der Waals surface area contributed by atoms with Gasteiger partial charge >= 0.3 is 5.97 Å². The van der Waals surface area contributed by atoms with Crippen LogP contribution in [0.4, 0.5) is 0 Å². The largest absolute Gasteiger partial charge is 0.480 e. The van der Waals surface area contributed by atoms with Gasteiger partial charge in [0.05, 0.1) is 12.2 Å². The van der Waals surface area contributed by atoms with Crippen LogP contribution in [0.2, 0.25) is 0 Å². The van der Waals surface area contributed by atoms with Gasteiger partial charge in [0.25, 0.3) is 5.91 Å². The van der Waals surface area contributed by atoms with Gasteiger partial charge in [-0.1, -0.05) is 11.6 Å². The summed E-state index contributed by atoms with van der Waals surface area (Å²) in [5, 5.41) is 19.7. The maximum absolute atomic E-state index is 11.8. The van der Waals surface area contributed by atoms with E-state index >= 15 is 0 Å². The topological polar surface area (TPSA) is 86.6 Å². The molecule has 6 heteroatoms. The zero-order valence-corrected chi connectivity index (χ0v) is 10.7. The van der Waals surface area contributed by atoms with Crippen LogP contribution in [0.25, 0.3) is 0 Å². The number of carbonyl (C=O) groups is 2. The van der Waals surface area contributed by atoms with Crippen molar-refractivity contribution in [3.63, 3.8) is 0 Å². The fourth-order valence-corrected chi connectivity index (χ4v) is 1.66. The highest BCUT2D eigenvalue weighted by Gasteiger charge is 2.20. The Morgan fingerprint density at radius 3 is 2.65 bits per heavy atom. The molecule has 0 aliphatic carbocycles. The third-order valence-corrected chi connectivity index (χ3v) is 2.84. The molecule has 0 unspecified atom stereocenters. The van der Waals surface area contributed by atoms with Gasteiger partial charge in [-0.2, -0.15) is 0 Å². The number of aliphatic hydroxyl groups excluding tert-OH is 1. The summed E-state index contributed by atoms with van der Waals surface area (Å²) >= 11 is 3.21. The van der Waals surface area contributed by atoms with E-state index in [2.05, 4.69) is 21.2 Å². The maximum Gasteiger partial charge on any atom is 0.328 e. The predicted octanol–water partition coefficient (Wildman–Crippen LogP) is 0.933. The van der Waals surface area contributed by atoms with Crippen molar-refractivity contribution in [1.82, 2.24) is 5.32 Å². The van der Waals surface area contributed by atoms with E-state index < -0.39 is 24.5 Å². The van der Waals surface area contributed by atoms with Crippen LogP contribution in [-0.4, -0.2) is 34.7 Å². The summed E-state index contributed by atoms with van der Waals surface area (Å²) < 4.78 is 0.572. The van der Waals surface area contributed by atoms with E-state index in [0.29, 0.717) is 10.0 Å². The lowest BCUT2D eigenvalue weighted by Gasteiger charge is -2.12. The van der Waals surface area contributed by atoms with E-state index in [4.69, 9.17) is 10.2 Å². The highest BCUT2D eigenvalue weighted by atomic mass is 79.9. The second kappa shape index (κ2) is 5.79. The first kappa shape index (κ1) is 13.7. The second-order valence-corrected chi connectivity index (χ2v) is 4.38. The molecule has 0 aliphatic rings. The van der Waals surface area contributed by atoms with Crippen molar-refractivity contribution >= 4 is 27.8 Å². The molecule has 5 nitrogen and oxygen atoms in total. The number of benzene rings is 1. The molecule has 3 N–H and O–H groups in total. The molecule has 1 aromatic carbocycles. The number of aliphatic carboxylic acids is 1. The van der Waals surface area contributed by atoms with Crippen molar-refractivity contribution in [2.45, 2.75) is 13.0 Å². The summed E-state index contributed by atoms with van der Waals surface area (Å²) in [7, 11) is 0. The third-order valence-electron chi connectivity index (χ3n) is 2.15. The zero-order valence-electron chi connectivity index (χ0n) is 9.11. The average Bonchev–Trinajstić information content (AvgIpc) is 2.28. The lowest BCUT2D eigenvalue weighted by Crippen LogP contribution is -2.43. The molecule has 0 fully saturated rings. The van der Waals surface area contributed by atoms with Crippen LogP contribution >= 0.6 is 15.9 Å². The number of carboxylic acids is 1. The third kappa shape index (κ3) is 3.54. The average molecular weight is 302 g/mol. The molecule has 0 heterocycles. The molecule has 0 saturated heterocycles. The van der Waals surface area contributed by atoms with Crippen molar-refractivity contribution in [3.05, 3.63) is 33.8 Å². The minimum absolute atomic E-state index is 0.338. The maximum atomic E-state index is 11.8. The highest BCUT2D eigenvalue weighted by molar-refractivity contribution is 9.10. The summed E-state index contributed by atoms with van der Waals surface area (Å²) in [5.74, 6) is -1.81. The van der Waals surface area contributed by atoms with Gasteiger partial charge in [0.2, 0.25) is 0 Å². The van der Waals surface area contributed by atoms with Crippen LogP contribution < -0.4 is 5.32 Å². The quantitative estimate of drug-likeness (QED) is 0.772. The molecular formula is C11H12BrNO4. The lowest BCUT2D eigenvalue weighted by atomic mass is 10.1. The molecule has 0 spiro atoms. The lowest BCUT2D eigenvalue weighted by molar-refractivity contribution is -0.140. The van der Waals surface area contributed by atoms with Crippen molar-refractivity contribution in [3.8, 4) is 0 Å². The SMILES string of the molecule is Cc1ccc(Br)c(C(=O)N[C@@H](CO)C(=O)O)c1. The number of aryl methyl sites for hydroxylation is 1. The van der Waals surface area contributed by atoms with Gasteiger partial charge < -0.3 is 15.5 Å². The first-order chi connectivity index (χ1) is 7.95. The van der Waals surface area contributed by atoms with Gasteiger partial charge in [-0.25, -0.2) is 4.79 Å². The number of aliphatic hydroxyl groups is 1. The number of hydrogen-bond acceptors (Lipinski definition) is 3. The number of nitrogens with one attached hydrogen (secondary N) is 1. The normalized spacial score (nSPS) is 11.9. The fourth-order valence-electron chi connectivity index (χ4n) is 1.23. The van der Waals surface area contributed by atoms with E-state index in [1.54, 1.807) is 12.1 Å². The Hall–Kier alpha value is -1.40. The molecular weight excluding hydrogens is 290 g/mol. The number of halogens is 1. The van der Waals surface area contributed by atoms with Crippen LogP contribution in [0.1, 0.15) is 15.9 Å². The molecule has 1 aromatic rings. The Kier molecular flexibility index (Phi) is 4.65. The Balaban J connectivity index is 2.89. The number of hydrogen-bond donors (Lipinski definition) is 3. The highest BCUT2D eigenvalue weighted by Crippen LogP contribution is 2.18. The molecule has 0 saturated carbocycles. The molecule has 17 heavy (non-hydrogen) atoms. The van der Waals surface area contributed by atoms with Gasteiger partial charge in [0.15, 0.2) is 6.04 Å². The van der Waals surface area contributed by atoms with E-state index in [1.807, 2.05) is 13.0 Å². The minimum atomic E-state index is -1.30. The molecule has 0 aliphatic heterocycles. The van der Waals surface area contributed by atoms with Crippen molar-refractivity contribution in [2.75, 3.05) is 6.61 Å². The van der Waals surface area contributed by atoms with Gasteiger partial charge in [-0.05, 0) is 35.0 Å². The zero-order chi connectivity index (χ0) is 13.0. The Bertz CT molecular complexity index is 447. The van der Waals surface area contributed by atoms with Crippen LogP contribution in [-0.2, 0) is 4.79 Å². The Morgan fingerprint density at radius 1 is 1.47 bits per heavy atom.